The molecular weight excluding hydrogens is 769 g/mol. The van der Waals surface area contributed by atoms with Gasteiger partial charge >= 0.3 is 17.9 Å². The average molecular weight is 859 g/mol. The van der Waals surface area contributed by atoms with E-state index in [1.165, 1.54) is 51.4 Å². The molecule has 1 unspecified atom stereocenters. The lowest BCUT2D eigenvalue weighted by Crippen LogP contribution is -2.30. The second kappa shape index (κ2) is 49.7. The molecule has 0 aliphatic carbocycles. The third-order valence-corrected chi connectivity index (χ3v) is 10.1. The molecule has 6 heteroatoms. The number of carbonyl (C=O) groups excluding carboxylic acids is 3. The third kappa shape index (κ3) is 47.1. The minimum Gasteiger partial charge on any atom is -0.462 e. The van der Waals surface area contributed by atoms with Crippen LogP contribution in [0.3, 0.4) is 0 Å². The van der Waals surface area contributed by atoms with Crippen LogP contribution in [0.25, 0.3) is 0 Å². The van der Waals surface area contributed by atoms with Crippen molar-refractivity contribution in [1.29, 1.82) is 0 Å². The number of esters is 3. The van der Waals surface area contributed by atoms with Gasteiger partial charge in [-0.05, 0) is 103 Å². The lowest BCUT2D eigenvalue weighted by atomic mass is 10.1. The van der Waals surface area contributed by atoms with Crippen LogP contribution in [-0.4, -0.2) is 37.2 Å². The van der Waals surface area contributed by atoms with Crippen molar-refractivity contribution < 1.29 is 28.6 Å². The molecule has 0 amide bonds. The van der Waals surface area contributed by atoms with E-state index in [1.54, 1.807) is 0 Å². The molecule has 0 radical (unpaired) electrons. The maximum atomic E-state index is 12.8. The highest BCUT2D eigenvalue weighted by atomic mass is 16.6. The molecule has 0 saturated heterocycles. The minimum absolute atomic E-state index is 0.107. The van der Waals surface area contributed by atoms with Crippen molar-refractivity contribution in [1.82, 2.24) is 0 Å². The largest absolute Gasteiger partial charge is 0.462 e. The quantitative estimate of drug-likeness (QED) is 0.0200. The summed E-state index contributed by atoms with van der Waals surface area (Å²) in [6.45, 7) is 6.28. The van der Waals surface area contributed by atoms with E-state index in [1.807, 2.05) is 24.3 Å². The zero-order valence-electron chi connectivity index (χ0n) is 39.8. The van der Waals surface area contributed by atoms with Crippen LogP contribution in [0.15, 0.2) is 109 Å². The zero-order valence-corrected chi connectivity index (χ0v) is 39.8. The van der Waals surface area contributed by atoms with Crippen molar-refractivity contribution in [2.24, 2.45) is 0 Å². The summed E-state index contributed by atoms with van der Waals surface area (Å²) >= 11 is 0. The number of hydrogen-bond acceptors (Lipinski definition) is 6. The minimum atomic E-state index is -0.810. The van der Waals surface area contributed by atoms with Crippen LogP contribution in [0.1, 0.15) is 207 Å². The van der Waals surface area contributed by atoms with Crippen LogP contribution < -0.4 is 0 Å². The molecule has 0 aliphatic heterocycles. The van der Waals surface area contributed by atoms with E-state index in [2.05, 4.69) is 106 Å². The van der Waals surface area contributed by atoms with Gasteiger partial charge in [0.1, 0.15) is 13.2 Å². The Balaban J connectivity index is 4.49. The fraction of sp³-hybridized carbons (Fsp3) is 0.625. The summed E-state index contributed by atoms with van der Waals surface area (Å²) in [4.78, 5) is 37.9. The van der Waals surface area contributed by atoms with Crippen molar-refractivity contribution in [3.8, 4) is 0 Å². The molecule has 350 valence electrons. The van der Waals surface area contributed by atoms with Gasteiger partial charge in [-0.1, -0.05) is 194 Å². The third-order valence-electron chi connectivity index (χ3n) is 10.1. The van der Waals surface area contributed by atoms with Gasteiger partial charge in [0.15, 0.2) is 6.10 Å². The second-order valence-corrected chi connectivity index (χ2v) is 16.0. The summed E-state index contributed by atoms with van der Waals surface area (Å²) in [6, 6.07) is 0. The first-order valence-electron chi connectivity index (χ1n) is 24.9. The smallest absolute Gasteiger partial charge is 0.306 e. The standard InChI is InChI=1S/C56H90O6/c1-4-7-10-13-16-19-22-25-27-28-30-31-34-37-40-43-46-49-55(58)61-52-53(51-60-54(57)48-45-42-39-36-33-24-21-18-15-12-9-6-3)62-56(59)50-47-44-41-38-35-32-29-26-23-20-17-14-11-8-5-2/h8-9,11-12,14,16-21,23,25-27,29,33,36,53H,4-7,10,13,15,22,24,28,30-32,34-35,37-52H2,1-3H3/b11-8-,12-9-,17-14-,19-16-,21-18-,23-20-,27-25-,29-26-,36-33-. The first kappa shape index (κ1) is 58.1. The van der Waals surface area contributed by atoms with Crippen LogP contribution in [0.4, 0.5) is 0 Å². The lowest BCUT2D eigenvalue weighted by molar-refractivity contribution is -0.167. The van der Waals surface area contributed by atoms with E-state index in [9.17, 15) is 14.4 Å². The van der Waals surface area contributed by atoms with E-state index < -0.39 is 6.10 Å². The zero-order chi connectivity index (χ0) is 45.1. The highest BCUT2D eigenvalue weighted by Gasteiger charge is 2.19. The Hall–Kier alpha value is -3.93. The predicted molar refractivity (Wildman–Crippen MR) is 265 cm³/mol. The molecule has 0 rings (SSSR count). The van der Waals surface area contributed by atoms with Gasteiger partial charge < -0.3 is 14.2 Å². The molecule has 0 bridgehead atoms. The normalized spacial score (nSPS) is 13.0. The molecular formula is C56H90O6. The number of hydrogen-bond donors (Lipinski definition) is 0. The molecule has 0 aliphatic rings. The van der Waals surface area contributed by atoms with Gasteiger partial charge in [0.05, 0.1) is 0 Å². The van der Waals surface area contributed by atoms with Crippen molar-refractivity contribution >= 4 is 17.9 Å². The number of rotatable bonds is 43. The SMILES string of the molecule is CC\C=C/C=C\C=C/C=C\CCCCCCCC(=O)OC(COC(=O)CCCC/C=C\C/C=C\C/C=C\CC)COC(=O)CCCCCCCCC/C=C\C/C=C\CCCCC. The van der Waals surface area contributed by atoms with Crippen molar-refractivity contribution in [3.63, 3.8) is 0 Å². The molecule has 62 heavy (non-hydrogen) atoms. The summed E-state index contributed by atoms with van der Waals surface area (Å²) in [5.74, 6) is -0.986. The molecule has 6 nitrogen and oxygen atoms in total. The number of unbranched alkanes of at least 4 members (excludes halogenated alkanes) is 17. The summed E-state index contributed by atoms with van der Waals surface area (Å²) in [5.41, 5.74) is 0. The Morgan fingerprint density at radius 2 is 0.710 bits per heavy atom. The highest BCUT2D eigenvalue weighted by Crippen LogP contribution is 2.13. The first-order valence-corrected chi connectivity index (χ1v) is 24.9. The Bertz CT molecular complexity index is 1310. The summed E-state index contributed by atoms with van der Waals surface area (Å²) in [6.07, 6.45) is 66.4. The Morgan fingerprint density at radius 3 is 1.21 bits per heavy atom. The van der Waals surface area contributed by atoms with Crippen LogP contribution in [0, 0.1) is 0 Å². The Labute approximate surface area is 380 Å². The number of ether oxygens (including phenoxy) is 3. The van der Waals surface area contributed by atoms with Gasteiger partial charge in [-0.15, -0.1) is 0 Å². The van der Waals surface area contributed by atoms with Gasteiger partial charge in [0.25, 0.3) is 0 Å². The second-order valence-electron chi connectivity index (χ2n) is 16.0. The molecule has 0 N–H and O–H groups in total. The molecule has 0 aromatic rings. The summed E-state index contributed by atoms with van der Waals surface area (Å²) < 4.78 is 16.7. The van der Waals surface area contributed by atoms with Gasteiger partial charge in [-0.2, -0.15) is 0 Å². The number of allylic oxidation sites excluding steroid dienone is 18. The van der Waals surface area contributed by atoms with Gasteiger partial charge in [0, 0.05) is 19.3 Å². The van der Waals surface area contributed by atoms with Gasteiger partial charge in [-0.3, -0.25) is 14.4 Å². The van der Waals surface area contributed by atoms with Crippen LogP contribution in [0.5, 0.6) is 0 Å². The van der Waals surface area contributed by atoms with Crippen molar-refractivity contribution in [3.05, 3.63) is 109 Å². The Morgan fingerprint density at radius 1 is 0.355 bits per heavy atom. The van der Waals surface area contributed by atoms with Crippen molar-refractivity contribution in [2.75, 3.05) is 13.2 Å². The summed E-state index contributed by atoms with van der Waals surface area (Å²) in [7, 11) is 0. The fourth-order valence-corrected chi connectivity index (χ4v) is 6.38. The topological polar surface area (TPSA) is 78.9 Å². The van der Waals surface area contributed by atoms with Crippen molar-refractivity contribution in [2.45, 2.75) is 213 Å². The molecule has 0 aromatic carbocycles. The van der Waals surface area contributed by atoms with Gasteiger partial charge in [0.2, 0.25) is 0 Å². The Kier molecular flexibility index (Phi) is 46.6. The molecule has 0 heterocycles. The molecule has 0 saturated carbocycles. The first-order chi connectivity index (χ1) is 30.5. The van der Waals surface area contributed by atoms with E-state index in [4.69, 9.17) is 14.2 Å². The van der Waals surface area contributed by atoms with Crippen LogP contribution in [-0.2, 0) is 28.6 Å². The van der Waals surface area contributed by atoms with E-state index >= 15 is 0 Å². The average Bonchev–Trinajstić information content (AvgIpc) is 3.27. The monoisotopic (exact) mass is 859 g/mol. The predicted octanol–water partition coefficient (Wildman–Crippen LogP) is 16.4. The molecule has 0 fully saturated rings. The van der Waals surface area contributed by atoms with Gasteiger partial charge in [-0.25, -0.2) is 0 Å². The lowest BCUT2D eigenvalue weighted by Gasteiger charge is -2.18. The fourth-order valence-electron chi connectivity index (χ4n) is 6.38. The molecule has 0 aromatic heterocycles. The molecule has 0 spiro atoms. The number of carbonyl (C=O) groups is 3. The maximum Gasteiger partial charge on any atom is 0.306 e. The van der Waals surface area contributed by atoms with E-state index in [0.717, 1.165) is 116 Å². The van der Waals surface area contributed by atoms with Crippen LogP contribution in [0.2, 0.25) is 0 Å². The molecule has 1 atom stereocenters. The summed E-state index contributed by atoms with van der Waals surface area (Å²) in [5, 5.41) is 0. The maximum absolute atomic E-state index is 12.8. The van der Waals surface area contributed by atoms with E-state index in [0.29, 0.717) is 12.8 Å². The van der Waals surface area contributed by atoms with Crippen LogP contribution >= 0.6 is 0 Å². The highest BCUT2D eigenvalue weighted by molar-refractivity contribution is 5.71. The van der Waals surface area contributed by atoms with E-state index in [-0.39, 0.29) is 37.5 Å².